The van der Waals surface area contributed by atoms with Gasteiger partial charge in [-0.1, -0.05) is 6.07 Å². The fourth-order valence-corrected chi connectivity index (χ4v) is 2.07. The molecule has 0 bridgehead atoms. The lowest BCUT2D eigenvalue weighted by Crippen LogP contribution is -1.92. The number of pyridine rings is 1. The van der Waals surface area contributed by atoms with Gasteiger partial charge in [0.2, 0.25) is 0 Å². The number of nitrogens with zero attached hydrogens (tertiary/aromatic N) is 2. The molecule has 0 aromatic carbocycles. The molecule has 0 fully saturated rings. The summed E-state index contributed by atoms with van der Waals surface area (Å²) in [6, 6.07) is 5.71. The smallest absolute Gasteiger partial charge is 0.164 e. The number of hydrogen-bond acceptors (Lipinski definition) is 3. The summed E-state index contributed by atoms with van der Waals surface area (Å²) in [5.41, 5.74) is 1.60. The molecule has 3 nitrogen and oxygen atoms in total. The van der Waals surface area contributed by atoms with Crippen molar-refractivity contribution in [3.05, 3.63) is 30.0 Å². The van der Waals surface area contributed by atoms with Gasteiger partial charge in [-0.15, -0.1) is 11.8 Å². The second-order valence-electron chi connectivity index (χ2n) is 2.97. The molecule has 0 aliphatic carbocycles. The summed E-state index contributed by atoms with van der Waals surface area (Å²) < 4.78 is 1.74. The fourth-order valence-electron chi connectivity index (χ4n) is 1.45. The first-order chi connectivity index (χ1) is 6.74. The Morgan fingerprint density at radius 1 is 1.50 bits per heavy atom. The number of fused-ring (bicyclic) bond motifs is 1. The van der Waals surface area contributed by atoms with E-state index in [1.165, 1.54) is 11.8 Å². The zero-order valence-electron chi connectivity index (χ0n) is 8.02. The number of rotatable bonds is 2. The molecule has 2 heterocycles. The first-order valence-corrected chi connectivity index (χ1v) is 5.49. The topological polar surface area (TPSA) is 34.4 Å². The number of thioether (sulfide) groups is 1. The molecule has 0 aliphatic heterocycles. The zero-order chi connectivity index (χ0) is 10.1. The minimum absolute atomic E-state index is 0.0653. The van der Waals surface area contributed by atoms with E-state index in [1.54, 1.807) is 11.4 Å². The quantitative estimate of drug-likeness (QED) is 0.558. The van der Waals surface area contributed by atoms with Crippen LogP contribution in [0.3, 0.4) is 0 Å². The Labute approximate surface area is 86.1 Å². The summed E-state index contributed by atoms with van der Waals surface area (Å²) in [5, 5.41) is 5.11. The van der Waals surface area contributed by atoms with Crippen LogP contribution >= 0.6 is 11.8 Å². The van der Waals surface area contributed by atoms with Gasteiger partial charge >= 0.3 is 0 Å². The highest BCUT2D eigenvalue weighted by molar-refractivity contribution is 7.98. The molecule has 0 amide bonds. The highest BCUT2D eigenvalue weighted by atomic mass is 32.2. The lowest BCUT2D eigenvalue weighted by atomic mass is 10.2. The van der Waals surface area contributed by atoms with Crippen molar-refractivity contribution in [1.82, 2.24) is 9.61 Å². The third-order valence-corrected chi connectivity index (χ3v) is 2.73. The Morgan fingerprint density at radius 3 is 2.93 bits per heavy atom. The molecule has 0 N–H and O–H groups in total. The molecule has 0 spiro atoms. The van der Waals surface area contributed by atoms with Gasteiger partial charge in [0.1, 0.15) is 5.03 Å². The van der Waals surface area contributed by atoms with Crippen molar-refractivity contribution in [3.8, 4) is 0 Å². The van der Waals surface area contributed by atoms with Crippen LogP contribution in [0.4, 0.5) is 0 Å². The van der Waals surface area contributed by atoms with Gasteiger partial charge in [0.15, 0.2) is 5.78 Å². The van der Waals surface area contributed by atoms with Crippen LogP contribution in [0.5, 0.6) is 0 Å². The predicted molar refractivity (Wildman–Crippen MR) is 57.0 cm³/mol. The number of aromatic nitrogens is 2. The molecule has 2 rings (SSSR count). The predicted octanol–water partition coefficient (Wildman–Crippen LogP) is 2.26. The van der Waals surface area contributed by atoms with Crippen LogP contribution in [-0.2, 0) is 0 Å². The number of Topliss-reactive ketones (excluding diaryl/α,β-unsaturated/α-hetero) is 1. The van der Waals surface area contributed by atoms with Crippen LogP contribution in [0, 0.1) is 0 Å². The minimum atomic E-state index is 0.0653. The van der Waals surface area contributed by atoms with Gasteiger partial charge in [-0.2, -0.15) is 5.10 Å². The molecule has 0 atom stereocenters. The van der Waals surface area contributed by atoms with Crippen LogP contribution in [0.25, 0.3) is 5.52 Å². The van der Waals surface area contributed by atoms with Crippen molar-refractivity contribution >= 4 is 23.1 Å². The average Bonchev–Trinajstić information content (AvgIpc) is 2.55. The number of carbonyl (C=O) groups is 1. The molecule has 0 saturated carbocycles. The number of ketones is 1. The van der Waals surface area contributed by atoms with Crippen LogP contribution in [0.2, 0.25) is 0 Å². The summed E-state index contributed by atoms with van der Waals surface area (Å²) in [6.45, 7) is 1.57. The third kappa shape index (κ3) is 1.32. The van der Waals surface area contributed by atoms with Crippen molar-refractivity contribution < 1.29 is 4.79 Å². The van der Waals surface area contributed by atoms with Crippen LogP contribution < -0.4 is 0 Å². The van der Waals surface area contributed by atoms with Gasteiger partial charge in [0.05, 0.1) is 11.1 Å². The molecular formula is C10H10N2OS. The van der Waals surface area contributed by atoms with E-state index < -0.39 is 0 Å². The second-order valence-corrected chi connectivity index (χ2v) is 3.77. The van der Waals surface area contributed by atoms with E-state index >= 15 is 0 Å². The first-order valence-electron chi connectivity index (χ1n) is 4.26. The summed E-state index contributed by atoms with van der Waals surface area (Å²) in [5.74, 6) is 0.0653. The van der Waals surface area contributed by atoms with E-state index in [1.807, 2.05) is 30.7 Å². The van der Waals surface area contributed by atoms with E-state index in [4.69, 9.17) is 0 Å². The van der Waals surface area contributed by atoms with E-state index in [0.29, 0.717) is 0 Å². The van der Waals surface area contributed by atoms with Gasteiger partial charge in [-0.25, -0.2) is 4.52 Å². The summed E-state index contributed by atoms with van der Waals surface area (Å²) >= 11 is 1.50. The Balaban J connectivity index is 2.81. The Bertz CT molecular complexity index is 490. The molecule has 2 aromatic rings. The maximum Gasteiger partial charge on any atom is 0.164 e. The molecule has 0 aliphatic rings. The molecule has 72 valence electrons. The molecule has 4 heteroatoms. The average molecular weight is 206 g/mol. The summed E-state index contributed by atoms with van der Waals surface area (Å²) in [6.07, 6.45) is 3.77. The van der Waals surface area contributed by atoms with Crippen LogP contribution in [-0.4, -0.2) is 21.7 Å². The molecular weight excluding hydrogens is 196 g/mol. The van der Waals surface area contributed by atoms with Crippen LogP contribution in [0.15, 0.2) is 29.4 Å². The number of carbonyl (C=O) groups excluding carboxylic acids is 1. The van der Waals surface area contributed by atoms with Crippen molar-refractivity contribution in [3.63, 3.8) is 0 Å². The van der Waals surface area contributed by atoms with Gasteiger partial charge in [0.25, 0.3) is 0 Å². The monoisotopic (exact) mass is 206 g/mol. The fraction of sp³-hybridized carbons (Fsp3) is 0.200. The van der Waals surface area contributed by atoms with E-state index in [9.17, 15) is 4.79 Å². The summed E-state index contributed by atoms with van der Waals surface area (Å²) in [7, 11) is 0. The van der Waals surface area contributed by atoms with Gasteiger partial charge in [-0.05, 0) is 25.3 Å². The minimum Gasteiger partial charge on any atom is -0.294 e. The third-order valence-electron chi connectivity index (χ3n) is 2.05. The largest absolute Gasteiger partial charge is 0.294 e. The van der Waals surface area contributed by atoms with E-state index in [2.05, 4.69) is 5.10 Å². The Morgan fingerprint density at radius 2 is 2.29 bits per heavy atom. The highest BCUT2D eigenvalue weighted by Gasteiger charge is 2.14. The normalized spacial score (nSPS) is 10.7. The molecule has 0 radical (unpaired) electrons. The zero-order valence-corrected chi connectivity index (χ0v) is 8.84. The maximum absolute atomic E-state index is 11.4. The van der Waals surface area contributed by atoms with Crippen molar-refractivity contribution in [2.45, 2.75) is 11.9 Å². The molecule has 0 saturated heterocycles. The Hall–Kier alpha value is -1.29. The molecule has 0 unspecified atom stereocenters. The van der Waals surface area contributed by atoms with Crippen LogP contribution in [0.1, 0.15) is 17.3 Å². The first kappa shape index (κ1) is 9.27. The summed E-state index contributed by atoms with van der Waals surface area (Å²) in [4.78, 5) is 11.4. The second kappa shape index (κ2) is 3.46. The maximum atomic E-state index is 11.4. The number of hydrogen-bond donors (Lipinski definition) is 0. The Kier molecular flexibility index (Phi) is 2.29. The highest BCUT2D eigenvalue weighted by Crippen LogP contribution is 2.23. The SMILES string of the molecule is CSc1nn2ccccc2c1C(C)=O. The van der Waals surface area contributed by atoms with Crippen molar-refractivity contribution in [2.24, 2.45) is 0 Å². The van der Waals surface area contributed by atoms with Gasteiger partial charge in [-0.3, -0.25) is 4.79 Å². The lowest BCUT2D eigenvalue weighted by Gasteiger charge is -1.93. The van der Waals surface area contributed by atoms with E-state index in [-0.39, 0.29) is 5.78 Å². The van der Waals surface area contributed by atoms with Crippen molar-refractivity contribution in [1.29, 1.82) is 0 Å². The van der Waals surface area contributed by atoms with Gasteiger partial charge in [0, 0.05) is 6.20 Å². The lowest BCUT2D eigenvalue weighted by molar-refractivity contribution is 0.101. The standard InChI is InChI=1S/C10H10N2OS/c1-7(13)9-8-5-3-4-6-12(8)11-10(9)14-2/h3-6H,1-2H3. The van der Waals surface area contributed by atoms with Crippen molar-refractivity contribution in [2.75, 3.05) is 6.26 Å². The molecule has 2 aromatic heterocycles. The molecule has 14 heavy (non-hydrogen) atoms. The van der Waals surface area contributed by atoms with E-state index in [0.717, 1.165) is 16.1 Å². The van der Waals surface area contributed by atoms with Gasteiger partial charge < -0.3 is 0 Å².